The molecule has 0 radical (unpaired) electrons. The van der Waals surface area contributed by atoms with Gasteiger partial charge in [-0.1, -0.05) is 5.16 Å². The lowest BCUT2D eigenvalue weighted by Gasteiger charge is -2.14. The Hall–Kier alpha value is -2.89. The average molecular weight is 315 g/mol. The highest BCUT2D eigenvalue weighted by Crippen LogP contribution is 2.38. The Bertz CT molecular complexity index is 751. The minimum atomic E-state index is 0.222. The maximum Gasteiger partial charge on any atom is 0.203 e. The zero-order valence-corrected chi connectivity index (χ0v) is 13.2. The van der Waals surface area contributed by atoms with Gasteiger partial charge in [-0.3, -0.25) is 0 Å². The van der Waals surface area contributed by atoms with Gasteiger partial charge in [-0.05, 0) is 36.8 Å². The largest absolute Gasteiger partial charge is 0.493 e. The quantitative estimate of drug-likeness (QED) is 0.688. The summed E-state index contributed by atoms with van der Waals surface area (Å²) in [6.07, 6.45) is 1.58. The van der Waals surface area contributed by atoms with Crippen LogP contribution in [-0.2, 0) is 6.61 Å². The van der Waals surface area contributed by atoms with E-state index in [2.05, 4.69) is 5.16 Å². The Morgan fingerprint density at radius 1 is 1.04 bits per heavy atom. The molecule has 6 nitrogen and oxygen atoms in total. The average Bonchev–Trinajstić information content (AvgIpc) is 3.23. The zero-order chi connectivity index (χ0) is 16.2. The monoisotopic (exact) mass is 315 g/mol. The molecular weight excluding hydrogens is 298 g/mol. The third-order valence-corrected chi connectivity index (χ3v) is 3.29. The van der Waals surface area contributed by atoms with Crippen molar-refractivity contribution >= 4 is 0 Å². The summed E-state index contributed by atoms with van der Waals surface area (Å²) in [5.41, 5.74) is 1.66. The maximum absolute atomic E-state index is 5.82. The fourth-order valence-electron chi connectivity index (χ4n) is 2.21. The van der Waals surface area contributed by atoms with Gasteiger partial charge in [-0.25, -0.2) is 0 Å². The van der Waals surface area contributed by atoms with E-state index in [1.165, 1.54) is 0 Å². The van der Waals surface area contributed by atoms with Crippen molar-refractivity contribution in [1.29, 1.82) is 0 Å². The van der Waals surface area contributed by atoms with E-state index in [0.29, 0.717) is 34.5 Å². The second kappa shape index (κ2) is 6.48. The zero-order valence-electron chi connectivity index (χ0n) is 13.2. The van der Waals surface area contributed by atoms with E-state index in [0.717, 1.165) is 5.56 Å². The third kappa shape index (κ3) is 3.15. The summed E-state index contributed by atoms with van der Waals surface area (Å²) in [6.45, 7) is 2.18. The van der Waals surface area contributed by atoms with Gasteiger partial charge < -0.3 is 23.2 Å². The van der Waals surface area contributed by atoms with E-state index >= 15 is 0 Å². The van der Waals surface area contributed by atoms with Crippen molar-refractivity contribution in [1.82, 2.24) is 5.16 Å². The molecule has 0 spiro atoms. The summed E-state index contributed by atoms with van der Waals surface area (Å²) in [5, 5.41) is 3.97. The van der Waals surface area contributed by atoms with Crippen molar-refractivity contribution in [2.24, 2.45) is 0 Å². The van der Waals surface area contributed by atoms with Gasteiger partial charge >= 0.3 is 0 Å². The van der Waals surface area contributed by atoms with Gasteiger partial charge in [0.15, 0.2) is 17.3 Å². The topological polar surface area (TPSA) is 66.9 Å². The van der Waals surface area contributed by atoms with Gasteiger partial charge in [0.2, 0.25) is 11.5 Å². The maximum atomic E-state index is 5.82. The molecule has 2 heterocycles. The Morgan fingerprint density at radius 2 is 1.78 bits per heavy atom. The van der Waals surface area contributed by atoms with E-state index in [9.17, 15) is 0 Å². The summed E-state index contributed by atoms with van der Waals surface area (Å²) in [5.74, 6) is 2.92. The molecule has 6 heteroatoms. The van der Waals surface area contributed by atoms with Crippen molar-refractivity contribution in [3.63, 3.8) is 0 Å². The van der Waals surface area contributed by atoms with Crippen molar-refractivity contribution in [2.45, 2.75) is 13.5 Å². The van der Waals surface area contributed by atoms with E-state index in [1.807, 2.05) is 19.1 Å². The summed E-state index contributed by atoms with van der Waals surface area (Å²) in [4.78, 5) is 0. The van der Waals surface area contributed by atoms with Crippen LogP contribution in [0, 0.1) is 6.92 Å². The van der Waals surface area contributed by atoms with Crippen LogP contribution < -0.4 is 14.2 Å². The minimum Gasteiger partial charge on any atom is -0.493 e. The molecule has 0 fully saturated rings. The van der Waals surface area contributed by atoms with Crippen LogP contribution in [0.25, 0.3) is 11.5 Å². The molecule has 0 amide bonds. The normalized spacial score (nSPS) is 10.6. The molecule has 0 saturated heterocycles. The number of benzene rings is 1. The molecular formula is C17H17NO5. The highest BCUT2D eigenvalue weighted by atomic mass is 16.5. The molecule has 0 atom stereocenters. The fourth-order valence-corrected chi connectivity index (χ4v) is 2.21. The summed E-state index contributed by atoms with van der Waals surface area (Å²) < 4.78 is 27.0. The van der Waals surface area contributed by atoms with Crippen molar-refractivity contribution in [3.8, 4) is 28.8 Å². The standard InChI is InChI=1S/C17H17NO5/c1-11-7-15(19-2)17(16(8-11)20-3)22-10-12-9-14(23-18-12)13-5-4-6-21-13/h4-9H,10H2,1-3H3. The highest BCUT2D eigenvalue weighted by Gasteiger charge is 2.15. The lowest BCUT2D eigenvalue weighted by atomic mass is 10.2. The minimum absolute atomic E-state index is 0.222. The van der Waals surface area contributed by atoms with Crippen LogP contribution >= 0.6 is 0 Å². The van der Waals surface area contributed by atoms with Crippen LogP contribution in [0.1, 0.15) is 11.3 Å². The highest BCUT2D eigenvalue weighted by molar-refractivity contribution is 5.54. The Kier molecular flexibility index (Phi) is 4.23. The molecule has 2 aromatic heterocycles. The lowest BCUT2D eigenvalue weighted by molar-refractivity contribution is 0.256. The van der Waals surface area contributed by atoms with Gasteiger partial charge in [0.25, 0.3) is 0 Å². The first-order chi connectivity index (χ1) is 11.2. The van der Waals surface area contributed by atoms with Crippen LogP contribution in [0.3, 0.4) is 0 Å². The smallest absolute Gasteiger partial charge is 0.203 e. The number of furan rings is 1. The van der Waals surface area contributed by atoms with Crippen LogP contribution in [0.2, 0.25) is 0 Å². The number of aromatic nitrogens is 1. The van der Waals surface area contributed by atoms with Gasteiger partial charge in [-0.15, -0.1) is 0 Å². The predicted octanol–water partition coefficient (Wildman–Crippen LogP) is 3.84. The fraction of sp³-hybridized carbons (Fsp3) is 0.235. The van der Waals surface area contributed by atoms with Crippen LogP contribution in [0.15, 0.2) is 45.5 Å². The first kappa shape index (κ1) is 15.0. The Morgan fingerprint density at radius 3 is 2.39 bits per heavy atom. The number of rotatable bonds is 6. The van der Waals surface area contributed by atoms with E-state index in [1.54, 1.807) is 38.7 Å². The molecule has 0 aliphatic heterocycles. The van der Waals surface area contributed by atoms with Crippen LogP contribution in [0.4, 0.5) is 0 Å². The molecule has 0 saturated carbocycles. The lowest BCUT2D eigenvalue weighted by Crippen LogP contribution is -2.00. The summed E-state index contributed by atoms with van der Waals surface area (Å²) in [7, 11) is 3.18. The molecule has 0 aliphatic carbocycles. The van der Waals surface area contributed by atoms with Gasteiger partial charge in [0.1, 0.15) is 12.3 Å². The third-order valence-electron chi connectivity index (χ3n) is 3.29. The SMILES string of the molecule is COc1cc(C)cc(OC)c1OCc1cc(-c2ccco2)on1. The van der Waals surface area contributed by atoms with Gasteiger partial charge in [0, 0.05) is 6.07 Å². The molecule has 0 aliphatic rings. The summed E-state index contributed by atoms with van der Waals surface area (Å²) in [6, 6.07) is 9.13. The van der Waals surface area contributed by atoms with Crippen LogP contribution in [-0.4, -0.2) is 19.4 Å². The second-order valence-electron chi connectivity index (χ2n) is 4.95. The van der Waals surface area contributed by atoms with Crippen molar-refractivity contribution in [3.05, 3.63) is 47.9 Å². The second-order valence-corrected chi connectivity index (χ2v) is 4.95. The molecule has 120 valence electrons. The molecule has 0 N–H and O–H groups in total. The van der Waals surface area contributed by atoms with E-state index in [-0.39, 0.29) is 6.61 Å². The van der Waals surface area contributed by atoms with E-state index < -0.39 is 0 Å². The number of methoxy groups -OCH3 is 2. The van der Waals surface area contributed by atoms with E-state index in [4.69, 9.17) is 23.2 Å². The number of ether oxygens (including phenoxy) is 3. The van der Waals surface area contributed by atoms with Gasteiger partial charge in [-0.2, -0.15) is 0 Å². The first-order valence-corrected chi connectivity index (χ1v) is 7.06. The Labute approximate surface area is 133 Å². The number of aryl methyl sites for hydroxylation is 1. The molecule has 0 bridgehead atoms. The number of hydrogen-bond acceptors (Lipinski definition) is 6. The molecule has 3 rings (SSSR count). The number of nitrogens with zero attached hydrogens (tertiary/aromatic N) is 1. The molecule has 0 unspecified atom stereocenters. The predicted molar refractivity (Wildman–Crippen MR) is 82.8 cm³/mol. The molecule has 23 heavy (non-hydrogen) atoms. The number of hydrogen-bond donors (Lipinski definition) is 0. The first-order valence-electron chi connectivity index (χ1n) is 7.06. The van der Waals surface area contributed by atoms with Gasteiger partial charge in [0.05, 0.1) is 20.5 Å². The molecule has 3 aromatic rings. The summed E-state index contributed by atoms with van der Waals surface area (Å²) >= 11 is 0. The van der Waals surface area contributed by atoms with Crippen LogP contribution in [0.5, 0.6) is 17.2 Å². The van der Waals surface area contributed by atoms with Crippen molar-refractivity contribution < 1.29 is 23.2 Å². The molecule has 1 aromatic carbocycles. The van der Waals surface area contributed by atoms with Crippen molar-refractivity contribution in [2.75, 3.05) is 14.2 Å². The Balaban J connectivity index is 1.78.